The van der Waals surface area contributed by atoms with Crippen LogP contribution in [0.4, 0.5) is 0 Å². The first kappa shape index (κ1) is 28.0. The van der Waals surface area contributed by atoms with Crippen molar-refractivity contribution in [3.63, 3.8) is 0 Å². The molecule has 0 aromatic heterocycles. The standard InChI is InChI=1S/C16H31N7O8/c1-7(26)11(14(29)22-10(6-25)15(30)31)23-13(28)9(5-24)21-12(27)8(17)3-2-4-20-16(18)19/h7-11,24-26H,2-6,17H2,1H3,(H,21,27)(H,22,29)(H,23,28)(H,30,31)(H4,18,19,20). The third kappa shape index (κ3) is 10.5. The van der Waals surface area contributed by atoms with Gasteiger partial charge in [0.1, 0.15) is 18.1 Å². The highest BCUT2D eigenvalue weighted by Gasteiger charge is 2.32. The summed E-state index contributed by atoms with van der Waals surface area (Å²) in [6.45, 7) is -0.374. The van der Waals surface area contributed by atoms with Gasteiger partial charge in [-0.15, -0.1) is 0 Å². The minimum atomic E-state index is -1.66. The number of carboxylic acid groups (broad SMARTS) is 1. The number of rotatable bonds is 14. The molecule has 0 spiro atoms. The predicted octanol–water partition coefficient (Wildman–Crippen LogP) is -5.73. The molecule has 0 heterocycles. The highest BCUT2D eigenvalue weighted by molar-refractivity contribution is 5.94. The van der Waals surface area contributed by atoms with E-state index < -0.39 is 67.2 Å². The van der Waals surface area contributed by atoms with Crippen LogP contribution in [0.1, 0.15) is 19.8 Å². The molecule has 5 atom stereocenters. The van der Waals surface area contributed by atoms with Gasteiger partial charge < -0.3 is 53.6 Å². The minimum absolute atomic E-state index is 0.111. The third-order valence-corrected chi connectivity index (χ3v) is 3.98. The van der Waals surface area contributed by atoms with Crippen molar-refractivity contribution in [1.82, 2.24) is 16.0 Å². The van der Waals surface area contributed by atoms with Gasteiger partial charge in [-0.05, 0) is 19.8 Å². The molecule has 0 fully saturated rings. The molecule has 15 nitrogen and oxygen atoms in total. The topological polar surface area (TPSA) is 276 Å². The van der Waals surface area contributed by atoms with Crippen LogP contribution in [0.25, 0.3) is 0 Å². The maximum absolute atomic E-state index is 12.3. The van der Waals surface area contributed by atoms with Gasteiger partial charge in [-0.25, -0.2) is 4.79 Å². The summed E-state index contributed by atoms with van der Waals surface area (Å²) < 4.78 is 0. The first-order chi connectivity index (χ1) is 14.4. The Labute approximate surface area is 178 Å². The Kier molecular flexibility index (Phi) is 12.7. The van der Waals surface area contributed by atoms with Crippen molar-refractivity contribution in [2.24, 2.45) is 22.2 Å². The third-order valence-electron chi connectivity index (χ3n) is 3.98. The van der Waals surface area contributed by atoms with Crippen LogP contribution in [0.15, 0.2) is 4.99 Å². The second kappa shape index (κ2) is 14.1. The molecule has 0 saturated carbocycles. The lowest BCUT2D eigenvalue weighted by Gasteiger charge is -2.25. The number of nitrogens with one attached hydrogen (secondary N) is 3. The molecule has 0 aliphatic heterocycles. The van der Waals surface area contributed by atoms with E-state index in [2.05, 4.69) is 15.6 Å². The fraction of sp³-hybridized carbons (Fsp3) is 0.688. The molecular weight excluding hydrogens is 418 g/mol. The number of hydrogen-bond acceptors (Lipinski definition) is 9. The largest absolute Gasteiger partial charge is 0.480 e. The quantitative estimate of drug-likeness (QED) is 0.0677. The molecule has 0 bridgehead atoms. The van der Waals surface area contributed by atoms with Crippen LogP contribution in [-0.4, -0.2) is 100 Å². The van der Waals surface area contributed by atoms with Gasteiger partial charge in [0.2, 0.25) is 17.7 Å². The van der Waals surface area contributed by atoms with E-state index in [-0.39, 0.29) is 18.9 Å². The molecule has 3 amide bonds. The minimum Gasteiger partial charge on any atom is -0.480 e. The Bertz CT molecular complexity index is 654. The summed E-state index contributed by atoms with van der Waals surface area (Å²) in [7, 11) is 0. The van der Waals surface area contributed by atoms with Crippen molar-refractivity contribution in [1.29, 1.82) is 0 Å². The van der Waals surface area contributed by atoms with Crippen molar-refractivity contribution in [3.05, 3.63) is 0 Å². The van der Waals surface area contributed by atoms with Crippen molar-refractivity contribution in [2.45, 2.75) is 50.0 Å². The van der Waals surface area contributed by atoms with Gasteiger partial charge in [-0.1, -0.05) is 0 Å². The SMILES string of the molecule is CC(O)C(NC(=O)C(CO)NC(=O)C(N)CCCN=C(N)N)C(=O)NC(CO)C(=O)O. The fourth-order valence-corrected chi connectivity index (χ4v) is 2.23. The number of aliphatic imine (C=N–C) groups is 1. The van der Waals surface area contributed by atoms with Gasteiger partial charge in [0.15, 0.2) is 5.96 Å². The Morgan fingerprint density at radius 2 is 1.48 bits per heavy atom. The lowest BCUT2D eigenvalue weighted by Crippen LogP contribution is -2.60. The highest BCUT2D eigenvalue weighted by Crippen LogP contribution is 1.99. The summed E-state index contributed by atoms with van der Waals surface area (Å²) in [5.41, 5.74) is 16.1. The molecule has 5 unspecified atom stereocenters. The maximum Gasteiger partial charge on any atom is 0.328 e. The molecule has 0 aliphatic carbocycles. The Balaban J connectivity index is 4.95. The summed E-state index contributed by atoms with van der Waals surface area (Å²) in [5.74, 6) is -4.52. The van der Waals surface area contributed by atoms with E-state index in [1.165, 1.54) is 0 Å². The smallest absolute Gasteiger partial charge is 0.328 e. The summed E-state index contributed by atoms with van der Waals surface area (Å²) >= 11 is 0. The van der Waals surface area contributed by atoms with E-state index in [0.29, 0.717) is 6.42 Å². The lowest BCUT2D eigenvalue weighted by molar-refractivity contribution is -0.144. The number of hydrogen-bond donors (Lipinski definition) is 10. The molecule has 0 rings (SSSR count). The van der Waals surface area contributed by atoms with Crippen LogP contribution in [0.5, 0.6) is 0 Å². The number of carbonyl (C=O) groups excluding carboxylic acids is 3. The van der Waals surface area contributed by atoms with Crippen LogP contribution in [-0.2, 0) is 19.2 Å². The summed E-state index contributed by atoms with van der Waals surface area (Å²) in [6, 6.07) is -5.82. The van der Waals surface area contributed by atoms with Crippen LogP contribution in [0, 0.1) is 0 Å². The van der Waals surface area contributed by atoms with E-state index in [1.807, 2.05) is 5.32 Å². The van der Waals surface area contributed by atoms with E-state index in [1.54, 1.807) is 0 Å². The maximum atomic E-state index is 12.3. The summed E-state index contributed by atoms with van der Waals surface area (Å²) in [4.78, 5) is 51.3. The molecule has 0 aromatic rings. The number of nitrogens with zero attached hydrogens (tertiary/aromatic N) is 1. The van der Waals surface area contributed by atoms with Crippen molar-refractivity contribution >= 4 is 29.7 Å². The average Bonchev–Trinajstić information content (AvgIpc) is 2.69. The molecule has 178 valence electrons. The summed E-state index contributed by atoms with van der Waals surface area (Å²) in [5, 5.41) is 43.3. The number of carboxylic acids is 1. The molecule has 0 radical (unpaired) electrons. The number of aliphatic hydroxyl groups is 3. The van der Waals surface area contributed by atoms with Crippen molar-refractivity contribution in [3.8, 4) is 0 Å². The number of carbonyl (C=O) groups is 4. The van der Waals surface area contributed by atoms with Gasteiger partial charge in [0.25, 0.3) is 0 Å². The van der Waals surface area contributed by atoms with Crippen LogP contribution >= 0.6 is 0 Å². The molecule has 0 saturated heterocycles. The second-order valence-corrected chi connectivity index (χ2v) is 6.61. The fourth-order valence-electron chi connectivity index (χ4n) is 2.23. The van der Waals surface area contributed by atoms with E-state index in [0.717, 1.165) is 6.92 Å². The zero-order valence-electron chi connectivity index (χ0n) is 17.0. The summed E-state index contributed by atoms with van der Waals surface area (Å²) in [6.07, 6.45) is -0.911. The Morgan fingerprint density at radius 3 is 1.94 bits per heavy atom. The normalized spacial score (nSPS) is 15.5. The highest BCUT2D eigenvalue weighted by atomic mass is 16.4. The first-order valence-corrected chi connectivity index (χ1v) is 9.29. The van der Waals surface area contributed by atoms with E-state index in [9.17, 15) is 29.4 Å². The molecular formula is C16H31N7O8. The van der Waals surface area contributed by atoms with Gasteiger partial charge in [0.05, 0.1) is 25.4 Å². The Morgan fingerprint density at radius 1 is 0.935 bits per heavy atom. The first-order valence-electron chi connectivity index (χ1n) is 9.29. The van der Waals surface area contributed by atoms with Crippen LogP contribution in [0.2, 0.25) is 0 Å². The number of amides is 3. The van der Waals surface area contributed by atoms with Gasteiger partial charge in [-0.2, -0.15) is 0 Å². The van der Waals surface area contributed by atoms with Crippen molar-refractivity contribution < 1.29 is 39.6 Å². The number of nitrogens with two attached hydrogens (primary N) is 3. The van der Waals surface area contributed by atoms with Crippen molar-refractivity contribution in [2.75, 3.05) is 19.8 Å². The monoisotopic (exact) mass is 449 g/mol. The number of guanidine groups is 1. The van der Waals surface area contributed by atoms with Crippen LogP contribution < -0.4 is 33.2 Å². The second-order valence-electron chi connectivity index (χ2n) is 6.61. The predicted molar refractivity (Wildman–Crippen MR) is 107 cm³/mol. The molecule has 13 N–H and O–H groups in total. The van der Waals surface area contributed by atoms with Gasteiger partial charge in [0, 0.05) is 6.54 Å². The van der Waals surface area contributed by atoms with E-state index >= 15 is 0 Å². The zero-order valence-corrected chi connectivity index (χ0v) is 17.0. The lowest BCUT2D eigenvalue weighted by atomic mass is 10.1. The van der Waals surface area contributed by atoms with Crippen LogP contribution in [0.3, 0.4) is 0 Å². The average molecular weight is 449 g/mol. The molecule has 0 aromatic carbocycles. The number of aliphatic carboxylic acids is 1. The molecule has 31 heavy (non-hydrogen) atoms. The Hall–Kier alpha value is -3.01. The number of aliphatic hydroxyl groups excluding tert-OH is 3. The molecule has 0 aliphatic rings. The van der Waals surface area contributed by atoms with Gasteiger partial charge in [-0.3, -0.25) is 19.4 Å². The van der Waals surface area contributed by atoms with E-state index in [4.69, 9.17) is 27.4 Å². The molecule has 15 heteroatoms. The zero-order chi connectivity index (χ0) is 24.1. The van der Waals surface area contributed by atoms with Gasteiger partial charge >= 0.3 is 5.97 Å².